The Balaban J connectivity index is 1.54. The number of nitrogens with zero attached hydrogens (tertiary/aromatic N) is 1. The molecule has 3 heteroatoms. The Morgan fingerprint density at radius 2 is 1.34 bits per heavy atom. The molecule has 1 fully saturated rings. The number of imide groups is 1. The molecule has 5 atom stereocenters. The van der Waals surface area contributed by atoms with Crippen LogP contribution in [0.15, 0.2) is 66.7 Å². The van der Waals surface area contributed by atoms with Gasteiger partial charge in [0.1, 0.15) is 0 Å². The molecular formula is C29H27NO2. The molecule has 7 rings (SSSR count). The van der Waals surface area contributed by atoms with Crippen molar-refractivity contribution < 1.29 is 9.59 Å². The number of benzene rings is 3. The molecule has 1 heterocycles. The molecular weight excluding hydrogens is 394 g/mol. The number of rotatable bonds is 3. The standard InChI is InChI=1S/C29H27NO2/c1-4-17(3)18-11-14-22-23(15-18)25-21-8-6-5-7-20(21)24(22)26-27(25)29(32)30(28(26)31)19-12-9-16(2)10-13-19/h5-15,17,24-27H,4H2,1-3H3/t17-,24+,25+,26+,27-/m1/s1. The molecule has 2 bridgehead atoms. The molecule has 1 saturated heterocycles. The van der Waals surface area contributed by atoms with Gasteiger partial charge in [-0.05, 0) is 59.2 Å². The third-order valence-corrected chi connectivity index (χ3v) is 8.04. The Morgan fingerprint density at radius 1 is 0.781 bits per heavy atom. The summed E-state index contributed by atoms with van der Waals surface area (Å²) in [6.45, 7) is 6.47. The molecule has 0 saturated carbocycles. The normalized spacial score (nSPS) is 26.0. The first-order valence-electron chi connectivity index (χ1n) is 11.7. The molecule has 4 aliphatic rings. The van der Waals surface area contributed by atoms with E-state index in [0.29, 0.717) is 11.6 Å². The third kappa shape index (κ3) is 2.48. The topological polar surface area (TPSA) is 37.4 Å². The van der Waals surface area contributed by atoms with Crippen LogP contribution in [0.3, 0.4) is 0 Å². The maximum atomic E-state index is 13.8. The monoisotopic (exact) mass is 421 g/mol. The van der Waals surface area contributed by atoms with Crippen LogP contribution < -0.4 is 4.90 Å². The van der Waals surface area contributed by atoms with Gasteiger partial charge in [-0.25, -0.2) is 4.90 Å². The van der Waals surface area contributed by atoms with Gasteiger partial charge < -0.3 is 0 Å². The van der Waals surface area contributed by atoms with Crippen molar-refractivity contribution in [3.63, 3.8) is 0 Å². The highest BCUT2D eigenvalue weighted by Crippen LogP contribution is 2.61. The van der Waals surface area contributed by atoms with Crippen molar-refractivity contribution in [2.45, 2.75) is 44.9 Å². The van der Waals surface area contributed by atoms with Gasteiger partial charge in [-0.3, -0.25) is 9.59 Å². The third-order valence-electron chi connectivity index (χ3n) is 8.04. The summed E-state index contributed by atoms with van der Waals surface area (Å²) in [7, 11) is 0. The maximum Gasteiger partial charge on any atom is 0.238 e. The number of carbonyl (C=O) groups excluding carboxylic acids is 2. The number of hydrogen-bond acceptors (Lipinski definition) is 2. The first-order valence-corrected chi connectivity index (χ1v) is 11.7. The van der Waals surface area contributed by atoms with Gasteiger partial charge in [0.15, 0.2) is 0 Å². The molecule has 3 nitrogen and oxygen atoms in total. The van der Waals surface area contributed by atoms with Crippen LogP contribution in [0.1, 0.15) is 71.4 Å². The fraction of sp³-hybridized carbons (Fsp3) is 0.310. The molecule has 0 unspecified atom stereocenters. The fourth-order valence-electron chi connectivity index (χ4n) is 6.24. The van der Waals surface area contributed by atoms with E-state index in [4.69, 9.17) is 0 Å². The van der Waals surface area contributed by atoms with E-state index in [1.165, 1.54) is 32.7 Å². The number of aryl methyl sites for hydroxylation is 1. The second-order valence-corrected chi connectivity index (χ2v) is 9.68. The Kier molecular flexibility index (Phi) is 4.20. The minimum absolute atomic E-state index is 0.0482. The summed E-state index contributed by atoms with van der Waals surface area (Å²) in [4.78, 5) is 29.1. The summed E-state index contributed by atoms with van der Waals surface area (Å²) in [6.07, 6.45) is 1.08. The summed E-state index contributed by atoms with van der Waals surface area (Å²) in [6, 6.07) is 22.9. The van der Waals surface area contributed by atoms with Crippen LogP contribution in [0.25, 0.3) is 0 Å². The lowest BCUT2D eigenvalue weighted by Gasteiger charge is -2.46. The van der Waals surface area contributed by atoms with E-state index in [1.807, 2.05) is 31.2 Å². The lowest BCUT2D eigenvalue weighted by atomic mass is 9.54. The van der Waals surface area contributed by atoms with E-state index in [1.54, 1.807) is 0 Å². The summed E-state index contributed by atoms with van der Waals surface area (Å²) in [5.74, 6) is -0.412. The minimum atomic E-state index is -0.330. The van der Waals surface area contributed by atoms with Crippen LogP contribution in [-0.4, -0.2) is 11.8 Å². The largest absolute Gasteiger partial charge is 0.274 e. The molecule has 0 N–H and O–H groups in total. The second kappa shape index (κ2) is 6.90. The predicted molar refractivity (Wildman–Crippen MR) is 126 cm³/mol. The van der Waals surface area contributed by atoms with Gasteiger partial charge in [0, 0.05) is 11.8 Å². The average molecular weight is 422 g/mol. The molecule has 160 valence electrons. The van der Waals surface area contributed by atoms with Crippen LogP contribution in [-0.2, 0) is 9.59 Å². The summed E-state index contributed by atoms with van der Waals surface area (Å²) >= 11 is 0. The SMILES string of the molecule is CC[C@@H](C)c1ccc2c(c1)[C@@H]1c3ccccc3[C@@H]2[C@@H]2C(=O)N(c3ccc(C)cc3)C(=O)[C@H]12. The molecule has 0 spiro atoms. The number of amides is 2. The van der Waals surface area contributed by atoms with Gasteiger partial charge in [-0.2, -0.15) is 0 Å². The number of hydrogen-bond donors (Lipinski definition) is 0. The summed E-state index contributed by atoms with van der Waals surface area (Å²) in [5.41, 5.74) is 8.04. The van der Waals surface area contributed by atoms with Crippen LogP contribution in [0.5, 0.6) is 0 Å². The molecule has 3 aromatic rings. The lowest BCUT2D eigenvalue weighted by molar-refractivity contribution is -0.122. The zero-order valence-corrected chi connectivity index (χ0v) is 18.7. The predicted octanol–water partition coefficient (Wildman–Crippen LogP) is 5.91. The highest BCUT2D eigenvalue weighted by molar-refractivity contribution is 6.23. The Bertz CT molecular complexity index is 1260. The van der Waals surface area contributed by atoms with Gasteiger partial charge in [-0.1, -0.05) is 74.0 Å². The van der Waals surface area contributed by atoms with E-state index < -0.39 is 0 Å². The maximum absolute atomic E-state index is 13.8. The smallest absolute Gasteiger partial charge is 0.238 e. The van der Waals surface area contributed by atoms with E-state index in [0.717, 1.165) is 12.0 Å². The molecule has 3 aliphatic carbocycles. The molecule has 2 amide bonds. The van der Waals surface area contributed by atoms with Gasteiger partial charge in [0.25, 0.3) is 0 Å². The average Bonchev–Trinajstić information content (AvgIpc) is 3.09. The lowest BCUT2D eigenvalue weighted by Crippen LogP contribution is -2.41. The zero-order chi connectivity index (χ0) is 22.1. The van der Waals surface area contributed by atoms with E-state index in [9.17, 15) is 9.59 Å². The van der Waals surface area contributed by atoms with Crippen LogP contribution >= 0.6 is 0 Å². The van der Waals surface area contributed by atoms with Crippen molar-refractivity contribution in [2.24, 2.45) is 11.8 Å². The Labute approximate surface area is 189 Å². The van der Waals surface area contributed by atoms with Gasteiger partial charge in [-0.15, -0.1) is 0 Å². The number of carbonyl (C=O) groups is 2. The van der Waals surface area contributed by atoms with Gasteiger partial charge in [0.05, 0.1) is 17.5 Å². The van der Waals surface area contributed by atoms with Crippen molar-refractivity contribution >= 4 is 17.5 Å². The minimum Gasteiger partial charge on any atom is -0.274 e. The molecule has 1 aliphatic heterocycles. The molecule has 0 radical (unpaired) electrons. The quantitative estimate of drug-likeness (QED) is 0.493. The van der Waals surface area contributed by atoms with Gasteiger partial charge in [0.2, 0.25) is 11.8 Å². The molecule has 3 aromatic carbocycles. The molecule has 32 heavy (non-hydrogen) atoms. The Hall–Kier alpha value is -3.20. The van der Waals surface area contributed by atoms with Crippen LogP contribution in [0.4, 0.5) is 5.69 Å². The second-order valence-electron chi connectivity index (χ2n) is 9.68. The first kappa shape index (κ1) is 19.5. The van der Waals surface area contributed by atoms with Crippen molar-refractivity contribution in [1.82, 2.24) is 0 Å². The van der Waals surface area contributed by atoms with Gasteiger partial charge >= 0.3 is 0 Å². The van der Waals surface area contributed by atoms with Crippen molar-refractivity contribution in [1.29, 1.82) is 0 Å². The Morgan fingerprint density at radius 3 is 1.94 bits per heavy atom. The van der Waals surface area contributed by atoms with E-state index >= 15 is 0 Å². The fourth-order valence-corrected chi connectivity index (χ4v) is 6.24. The van der Waals surface area contributed by atoms with Crippen LogP contribution in [0, 0.1) is 18.8 Å². The van der Waals surface area contributed by atoms with Crippen molar-refractivity contribution in [3.8, 4) is 0 Å². The highest BCUT2D eigenvalue weighted by Gasteiger charge is 2.61. The zero-order valence-electron chi connectivity index (χ0n) is 18.7. The van der Waals surface area contributed by atoms with Crippen molar-refractivity contribution in [2.75, 3.05) is 4.90 Å². The summed E-state index contributed by atoms with van der Waals surface area (Å²) < 4.78 is 0. The summed E-state index contributed by atoms with van der Waals surface area (Å²) in [5, 5.41) is 0. The highest BCUT2D eigenvalue weighted by atomic mass is 16.2. The van der Waals surface area contributed by atoms with Crippen LogP contribution in [0.2, 0.25) is 0 Å². The molecule has 0 aromatic heterocycles. The first-order chi connectivity index (χ1) is 15.5. The van der Waals surface area contributed by atoms with E-state index in [2.05, 4.69) is 56.3 Å². The van der Waals surface area contributed by atoms with Crippen molar-refractivity contribution in [3.05, 3.63) is 100 Å². The van der Waals surface area contributed by atoms with E-state index in [-0.39, 0.29) is 35.5 Å². The number of anilines is 1.